The SMILES string of the molecule is C#C.C/C=C/C(C)NC.C/C=C\CCC1CCN(C(C(=O)C2CC2)C2CCN(C(=O)C=P)CC2)CC1.C=C(/C(F)=C(F)\C=C/C)C(C)C. The molecule has 270 valence electrons. The third-order valence-corrected chi connectivity index (χ3v) is 9.40. The van der Waals surface area contributed by atoms with Gasteiger partial charge in [-0.2, -0.15) is 0 Å². The molecule has 1 aliphatic carbocycles. The van der Waals surface area contributed by atoms with Crippen molar-refractivity contribution in [2.75, 3.05) is 33.2 Å². The Kier molecular flexibility index (Phi) is 24.8. The summed E-state index contributed by atoms with van der Waals surface area (Å²) < 4.78 is 25.7. The van der Waals surface area contributed by atoms with Gasteiger partial charge in [-0.1, -0.05) is 50.8 Å². The van der Waals surface area contributed by atoms with E-state index in [-0.39, 0.29) is 23.4 Å². The van der Waals surface area contributed by atoms with Crippen LogP contribution in [-0.4, -0.2) is 72.6 Å². The average molecular weight is 688 g/mol. The van der Waals surface area contributed by atoms with Crippen LogP contribution in [0.5, 0.6) is 0 Å². The Bertz CT molecular complexity index is 1110. The highest BCUT2D eigenvalue weighted by molar-refractivity contribution is 7.22. The van der Waals surface area contributed by atoms with Gasteiger partial charge in [0.15, 0.2) is 17.4 Å². The van der Waals surface area contributed by atoms with Crippen LogP contribution < -0.4 is 5.32 Å². The minimum Gasteiger partial charge on any atom is -0.339 e. The lowest BCUT2D eigenvalue weighted by Crippen LogP contribution is -2.53. The first-order valence-corrected chi connectivity index (χ1v) is 18.2. The van der Waals surface area contributed by atoms with Gasteiger partial charge in [-0.25, -0.2) is 8.78 Å². The van der Waals surface area contributed by atoms with E-state index in [2.05, 4.69) is 70.6 Å². The summed E-state index contributed by atoms with van der Waals surface area (Å²) in [6.45, 7) is 18.5. The number of nitrogens with zero attached hydrogens (tertiary/aromatic N) is 2. The fourth-order valence-electron chi connectivity index (χ4n) is 5.88. The molecule has 0 spiro atoms. The molecule has 2 aliphatic heterocycles. The minimum atomic E-state index is -0.851. The van der Waals surface area contributed by atoms with E-state index < -0.39 is 11.7 Å². The fourth-order valence-corrected chi connectivity index (χ4v) is 6.06. The smallest absolute Gasteiger partial charge is 0.250 e. The first kappa shape index (κ1) is 45.3. The topological polar surface area (TPSA) is 52.7 Å². The minimum absolute atomic E-state index is 0.0529. The van der Waals surface area contributed by atoms with Crippen molar-refractivity contribution in [2.45, 2.75) is 105 Å². The van der Waals surface area contributed by atoms with E-state index >= 15 is 0 Å². The summed E-state index contributed by atoms with van der Waals surface area (Å²) in [5, 5.41) is 3.08. The number of terminal acetylenes is 1. The van der Waals surface area contributed by atoms with Crippen LogP contribution in [0.3, 0.4) is 0 Å². The van der Waals surface area contributed by atoms with Gasteiger partial charge in [-0.15, -0.1) is 21.7 Å². The van der Waals surface area contributed by atoms with Crippen LogP contribution in [-0.2, 0) is 9.59 Å². The highest BCUT2D eigenvalue weighted by Crippen LogP contribution is 2.37. The lowest BCUT2D eigenvalue weighted by Gasteiger charge is -2.43. The number of allylic oxidation sites excluding steroid dienone is 8. The first-order chi connectivity index (χ1) is 22.9. The van der Waals surface area contributed by atoms with Gasteiger partial charge in [-0.05, 0) is 129 Å². The molecule has 2 heterocycles. The zero-order chi connectivity index (χ0) is 36.6. The maximum Gasteiger partial charge on any atom is 0.250 e. The van der Waals surface area contributed by atoms with Crippen molar-refractivity contribution >= 4 is 26.4 Å². The molecular weight excluding hydrogens is 623 g/mol. The Labute approximate surface area is 294 Å². The Morgan fingerprint density at radius 2 is 1.52 bits per heavy atom. The van der Waals surface area contributed by atoms with Crippen LogP contribution in [0.15, 0.2) is 60.3 Å². The number of halogens is 2. The Morgan fingerprint density at radius 3 is 1.94 bits per heavy atom. The second-order valence-electron chi connectivity index (χ2n) is 13.0. The predicted molar refractivity (Wildman–Crippen MR) is 205 cm³/mol. The molecule has 5 nitrogen and oxygen atoms in total. The van der Waals surface area contributed by atoms with Gasteiger partial charge >= 0.3 is 0 Å². The molecule has 48 heavy (non-hydrogen) atoms. The van der Waals surface area contributed by atoms with E-state index in [1.165, 1.54) is 37.6 Å². The molecule has 2 saturated heterocycles. The molecule has 2 atom stereocenters. The third-order valence-electron chi connectivity index (χ3n) is 9.15. The standard InChI is InChI=1S/C22H35N2O2P.C10H14F2.C6H13N.C2H2/c1-2-3-4-5-17-8-12-24(13-9-17)21(22(26)19-6-7-19)18-10-14-23(15-11-18)20(25)16-27;1-5-6-9(11)10(12)8(4)7(2)3;1-4-5-6(2)7-3;1-2/h2-3,16-19,21,27H,4-15H2,1H3;5-7H,4H2,1-3H3;4-7H,1-3H3;1-2H/b3-2-;6-5-,10-9-;5-4+;. The second kappa shape index (κ2) is 26.2. The Morgan fingerprint density at radius 1 is 0.938 bits per heavy atom. The molecular formula is C40H64F2N3O2P. The normalized spacial score (nSPS) is 19.4. The van der Waals surface area contributed by atoms with Crippen molar-refractivity contribution < 1.29 is 18.4 Å². The van der Waals surface area contributed by atoms with Crippen LogP contribution in [0.1, 0.15) is 92.9 Å². The number of carbonyl (C=O) groups is 2. The van der Waals surface area contributed by atoms with Crippen molar-refractivity contribution in [3.63, 3.8) is 0 Å². The lowest BCUT2D eigenvalue weighted by molar-refractivity contribution is -0.130. The summed E-state index contributed by atoms with van der Waals surface area (Å²) in [5.74, 6) is 1.79. The molecule has 0 bridgehead atoms. The Hall–Kier alpha value is -2.65. The molecule has 0 radical (unpaired) electrons. The largest absolute Gasteiger partial charge is 0.339 e. The third kappa shape index (κ3) is 17.1. The van der Waals surface area contributed by atoms with Gasteiger partial charge in [0, 0.05) is 30.8 Å². The van der Waals surface area contributed by atoms with Crippen molar-refractivity contribution in [1.82, 2.24) is 15.1 Å². The quantitative estimate of drug-likeness (QED) is 0.0910. The van der Waals surface area contributed by atoms with Crippen LogP contribution >= 0.6 is 8.86 Å². The molecule has 0 aromatic carbocycles. The highest BCUT2D eigenvalue weighted by atomic mass is 31.0. The summed E-state index contributed by atoms with van der Waals surface area (Å²) in [6.07, 6.45) is 28.1. The molecule has 3 aliphatic rings. The summed E-state index contributed by atoms with van der Waals surface area (Å²) in [7, 11) is 5.15. The van der Waals surface area contributed by atoms with Gasteiger partial charge in [0.1, 0.15) is 0 Å². The van der Waals surface area contributed by atoms with E-state index in [1.807, 2.05) is 24.9 Å². The number of hydrogen-bond acceptors (Lipinski definition) is 4. The number of piperidine rings is 2. The Balaban J connectivity index is 0.000000872. The monoisotopic (exact) mass is 687 g/mol. The number of carbonyl (C=O) groups excluding carboxylic acids is 2. The summed E-state index contributed by atoms with van der Waals surface area (Å²) in [4.78, 5) is 29.4. The van der Waals surface area contributed by atoms with Gasteiger partial charge in [0.25, 0.3) is 5.91 Å². The van der Waals surface area contributed by atoms with Crippen LogP contribution in [0.25, 0.3) is 0 Å². The molecule has 3 rings (SSSR count). The average Bonchev–Trinajstić information content (AvgIpc) is 3.96. The number of rotatable bonds is 13. The van der Waals surface area contributed by atoms with Crippen molar-refractivity contribution in [2.24, 2.45) is 23.7 Å². The first-order valence-electron chi connectivity index (χ1n) is 17.6. The van der Waals surface area contributed by atoms with E-state index in [1.54, 1.807) is 20.8 Å². The number of nitrogens with one attached hydrogen (secondary N) is 1. The zero-order valence-corrected chi connectivity index (χ0v) is 31.8. The molecule has 1 amide bonds. The maximum absolute atomic E-state index is 13.1. The van der Waals surface area contributed by atoms with Crippen LogP contribution in [0, 0.1) is 36.5 Å². The van der Waals surface area contributed by atoms with Gasteiger partial charge in [0.2, 0.25) is 0 Å². The van der Waals surface area contributed by atoms with E-state index in [0.29, 0.717) is 23.7 Å². The van der Waals surface area contributed by atoms with Gasteiger partial charge in [0.05, 0.1) is 6.04 Å². The molecule has 3 fully saturated rings. The molecule has 1 N–H and O–H groups in total. The number of hydrogen-bond donors (Lipinski definition) is 1. The molecule has 8 heteroatoms. The van der Waals surface area contributed by atoms with Crippen molar-refractivity contribution in [3.8, 4) is 12.8 Å². The van der Waals surface area contributed by atoms with Crippen LogP contribution in [0.2, 0.25) is 0 Å². The molecule has 2 unspecified atom stereocenters. The second-order valence-corrected chi connectivity index (χ2v) is 13.3. The van der Waals surface area contributed by atoms with Gasteiger partial charge in [-0.3, -0.25) is 14.5 Å². The number of likely N-dealkylation sites (tertiary alicyclic amines) is 2. The maximum atomic E-state index is 13.1. The number of Topliss-reactive ketones (excluding diaryl/α,β-unsaturated/α-hetero) is 1. The summed E-state index contributed by atoms with van der Waals surface area (Å²) >= 11 is 0. The lowest BCUT2D eigenvalue weighted by atomic mass is 9.82. The van der Waals surface area contributed by atoms with E-state index in [0.717, 1.165) is 63.9 Å². The van der Waals surface area contributed by atoms with Gasteiger partial charge < -0.3 is 10.2 Å². The van der Waals surface area contributed by atoms with E-state index in [9.17, 15) is 18.4 Å². The molecule has 0 aromatic rings. The van der Waals surface area contributed by atoms with E-state index in [4.69, 9.17) is 0 Å². The van der Waals surface area contributed by atoms with Crippen LogP contribution in [0.4, 0.5) is 8.78 Å². The zero-order valence-electron chi connectivity index (χ0n) is 30.8. The molecule has 1 saturated carbocycles. The van der Waals surface area contributed by atoms with Crippen molar-refractivity contribution in [3.05, 3.63) is 60.3 Å². The predicted octanol–water partition coefficient (Wildman–Crippen LogP) is 8.93. The number of amides is 1. The summed E-state index contributed by atoms with van der Waals surface area (Å²) in [5.41, 5.74) is 0.200. The fraction of sp³-hybridized carbons (Fsp3) is 0.625. The highest BCUT2D eigenvalue weighted by Gasteiger charge is 2.43. The number of likely N-dealkylation sites (N-methyl/N-ethyl adjacent to an activating group) is 1. The summed E-state index contributed by atoms with van der Waals surface area (Å²) in [6, 6.07) is 0.615. The van der Waals surface area contributed by atoms with Crippen molar-refractivity contribution in [1.29, 1.82) is 0 Å². The molecule has 0 aromatic heterocycles. The number of ketones is 1.